The normalized spacial score (nSPS) is 19.7. The van der Waals surface area contributed by atoms with Crippen LogP contribution in [0.2, 0.25) is 0 Å². The van der Waals surface area contributed by atoms with Crippen molar-refractivity contribution in [2.24, 2.45) is 7.05 Å². The highest BCUT2D eigenvalue weighted by atomic mass is 16.1. The van der Waals surface area contributed by atoms with E-state index >= 15 is 0 Å². The maximum atomic E-state index is 12.4. The first-order chi connectivity index (χ1) is 12.7. The molecule has 2 aromatic heterocycles. The second-order valence-electron chi connectivity index (χ2n) is 7.25. The summed E-state index contributed by atoms with van der Waals surface area (Å²) in [5, 5.41) is 0. The number of aromatic nitrogens is 4. The van der Waals surface area contributed by atoms with E-state index in [-0.39, 0.29) is 5.56 Å². The van der Waals surface area contributed by atoms with Gasteiger partial charge in [-0.25, -0.2) is 15.0 Å². The van der Waals surface area contributed by atoms with Crippen LogP contribution in [0.5, 0.6) is 0 Å². The third kappa shape index (κ3) is 3.49. The van der Waals surface area contributed by atoms with Gasteiger partial charge >= 0.3 is 0 Å². The minimum Gasteiger partial charge on any atom is -0.342 e. The molecular formula is C19H26N6O. The highest BCUT2D eigenvalue weighted by molar-refractivity contribution is 5.55. The van der Waals surface area contributed by atoms with E-state index in [2.05, 4.69) is 19.8 Å². The third-order valence-electron chi connectivity index (χ3n) is 5.61. The number of rotatable bonds is 3. The van der Waals surface area contributed by atoms with Gasteiger partial charge in [-0.2, -0.15) is 0 Å². The molecule has 0 bridgehead atoms. The number of piperidine rings is 2. The fraction of sp³-hybridized carbons (Fsp3) is 0.579. The molecule has 26 heavy (non-hydrogen) atoms. The van der Waals surface area contributed by atoms with E-state index in [4.69, 9.17) is 4.98 Å². The summed E-state index contributed by atoms with van der Waals surface area (Å²) in [7, 11) is 1.80. The first-order valence-electron chi connectivity index (χ1n) is 9.56. The molecule has 2 aliphatic rings. The molecule has 2 aromatic rings. The summed E-state index contributed by atoms with van der Waals surface area (Å²) in [5.74, 6) is 0.739. The highest BCUT2D eigenvalue weighted by Gasteiger charge is 2.27. The fourth-order valence-electron chi connectivity index (χ4n) is 4.10. The average molecular weight is 354 g/mol. The molecule has 0 spiro atoms. The lowest BCUT2D eigenvalue weighted by molar-refractivity contribution is 0.141. The molecule has 2 aliphatic heterocycles. The quantitative estimate of drug-likeness (QED) is 0.836. The van der Waals surface area contributed by atoms with E-state index in [1.54, 1.807) is 29.9 Å². The minimum atomic E-state index is -0.0539. The summed E-state index contributed by atoms with van der Waals surface area (Å²) in [6.07, 6.45) is 9.45. The molecule has 0 radical (unpaired) electrons. The van der Waals surface area contributed by atoms with Crippen molar-refractivity contribution in [2.75, 3.05) is 31.1 Å². The maximum absolute atomic E-state index is 12.4. The van der Waals surface area contributed by atoms with E-state index in [0.717, 1.165) is 31.9 Å². The molecule has 0 saturated carbocycles. The number of nitrogens with zero attached hydrogens (tertiary/aromatic N) is 6. The van der Waals surface area contributed by atoms with Gasteiger partial charge in [-0.3, -0.25) is 9.36 Å². The molecule has 4 heterocycles. The van der Waals surface area contributed by atoms with Gasteiger partial charge in [0.15, 0.2) is 0 Å². The van der Waals surface area contributed by atoms with Gasteiger partial charge in [-0.05, 0) is 44.8 Å². The van der Waals surface area contributed by atoms with Crippen molar-refractivity contribution in [1.29, 1.82) is 0 Å². The predicted molar refractivity (Wildman–Crippen MR) is 101 cm³/mol. The zero-order chi connectivity index (χ0) is 17.9. The first-order valence-corrected chi connectivity index (χ1v) is 9.56. The average Bonchev–Trinajstić information content (AvgIpc) is 2.71. The minimum absolute atomic E-state index is 0.0539. The van der Waals surface area contributed by atoms with Crippen LogP contribution in [-0.4, -0.2) is 56.6 Å². The third-order valence-corrected chi connectivity index (χ3v) is 5.61. The number of anilines is 1. The van der Waals surface area contributed by atoms with Crippen LogP contribution in [-0.2, 0) is 7.05 Å². The SMILES string of the molecule is Cn1c(N2CCC(N3CCCCC3)CC2)nc(-c2ccncn2)cc1=O. The summed E-state index contributed by atoms with van der Waals surface area (Å²) in [4.78, 5) is 30.3. The fourth-order valence-corrected chi connectivity index (χ4v) is 4.10. The standard InChI is InChI=1S/C19H26N6O/c1-23-18(26)13-17(16-5-8-20-14-21-16)22-19(23)25-11-6-15(7-12-25)24-9-3-2-4-10-24/h5,8,13-15H,2-4,6-7,9-12H2,1H3. The zero-order valence-electron chi connectivity index (χ0n) is 15.3. The second-order valence-corrected chi connectivity index (χ2v) is 7.25. The van der Waals surface area contributed by atoms with Crippen molar-refractivity contribution in [2.45, 2.75) is 38.1 Å². The van der Waals surface area contributed by atoms with Crippen molar-refractivity contribution >= 4 is 5.95 Å². The molecule has 0 aromatic carbocycles. The smallest absolute Gasteiger partial charge is 0.255 e. The second kappa shape index (κ2) is 7.53. The van der Waals surface area contributed by atoms with Crippen LogP contribution in [0.3, 0.4) is 0 Å². The van der Waals surface area contributed by atoms with E-state index in [1.807, 2.05) is 0 Å². The molecule has 7 heteroatoms. The van der Waals surface area contributed by atoms with Gasteiger partial charge in [0.25, 0.3) is 5.56 Å². The Morgan fingerprint density at radius 3 is 2.50 bits per heavy atom. The molecule has 0 aliphatic carbocycles. The summed E-state index contributed by atoms with van der Waals surface area (Å²) in [6, 6.07) is 4.01. The molecule has 138 valence electrons. The lowest BCUT2D eigenvalue weighted by atomic mass is 10.00. The van der Waals surface area contributed by atoms with Gasteiger partial charge in [-0.15, -0.1) is 0 Å². The van der Waals surface area contributed by atoms with Gasteiger partial charge in [-0.1, -0.05) is 6.42 Å². The highest BCUT2D eigenvalue weighted by Crippen LogP contribution is 2.24. The van der Waals surface area contributed by atoms with Gasteiger partial charge in [0.2, 0.25) is 5.95 Å². The van der Waals surface area contributed by atoms with E-state index in [0.29, 0.717) is 17.4 Å². The van der Waals surface area contributed by atoms with Gasteiger partial charge in [0, 0.05) is 38.4 Å². The van der Waals surface area contributed by atoms with Crippen molar-refractivity contribution in [3.8, 4) is 11.4 Å². The van der Waals surface area contributed by atoms with Crippen LogP contribution in [0.4, 0.5) is 5.95 Å². The van der Waals surface area contributed by atoms with Crippen molar-refractivity contribution < 1.29 is 0 Å². The Morgan fingerprint density at radius 1 is 1.04 bits per heavy atom. The maximum Gasteiger partial charge on any atom is 0.255 e. The lowest BCUT2D eigenvalue weighted by Crippen LogP contribution is -2.47. The molecular weight excluding hydrogens is 328 g/mol. The number of likely N-dealkylation sites (tertiary alicyclic amines) is 1. The summed E-state index contributed by atoms with van der Waals surface area (Å²) < 4.78 is 1.64. The van der Waals surface area contributed by atoms with Crippen molar-refractivity contribution in [3.63, 3.8) is 0 Å². The Bertz CT molecular complexity index is 791. The van der Waals surface area contributed by atoms with Crippen LogP contribution in [0.1, 0.15) is 32.1 Å². The Balaban J connectivity index is 1.53. The molecule has 0 amide bonds. The van der Waals surface area contributed by atoms with E-state index < -0.39 is 0 Å². The topological polar surface area (TPSA) is 67.2 Å². The lowest BCUT2D eigenvalue weighted by Gasteiger charge is -2.40. The Labute approximate surface area is 153 Å². The summed E-state index contributed by atoms with van der Waals surface area (Å²) >= 11 is 0. The largest absolute Gasteiger partial charge is 0.342 e. The monoisotopic (exact) mass is 354 g/mol. The van der Waals surface area contributed by atoms with Crippen LogP contribution in [0, 0.1) is 0 Å². The number of hydrogen-bond acceptors (Lipinski definition) is 6. The van der Waals surface area contributed by atoms with Crippen molar-refractivity contribution in [3.05, 3.63) is 35.0 Å². The molecule has 0 atom stereocenters. The van der Waals surface area contributed by atoms with Crippen LogP contribution < -0.4 is 10.5 Å². The zero-order valence-corrected chi connectivity index (χ0v) is 15.3. The summed E-state index contributed by atoms with van der Waals surface area (Å²) in [6.45, 7) is 4.36. The molecule has 2 saturated heterocycles. The van der Waals surface area contributed by atoms with Gasteiger partial charge in [0.05, 0.1) is 11.4 Å². The van der Waals surface area contributed by atoms with Crippen LogP contribution in [0.15, 0.2) is 29.5 Å². The Kier molecular flexibility index (Phi) is 4.97. The van der Waals surface area contributed by atoms with Crippen LogP contribution >= 0.6 is 0 Å². The van der Waals surface area contributed by atoms with Gasteiger partial charge in [0.1, 0.15) is 6.33 Å². The molecule has 7 nitrogen and oxygen atoms in total. The van der Waals surface area contributed by atoms with Gasteiger partial charge < -0.3 is 9.80 Å². The molecule has 4 rings (SSSR count). The number of hydrogen-bond donors (Lipinski definition) is 0. The molecule has 2 fully saturated rings. The Hall–Kier alpha value is -2.28. The predicted octanol–water partition coefficient (Wildman–Crippen LogP) is 1.69. The molecule has 0 N–H and O–H groups in total. The molecule has 0 unspecified atom stereocenters. The van der Waals surface area contributed by atoms with E-state index in [1.165, 1.54) is 38.7 Å². The Morgan fingerprint density at radius 2 is 1.81 bits per heavy atom. The van der Waals surface area contributed by atoms with Crippen molar-refractivity contribution in [1.82, 2.24) is 24.4 Å². The summed E-state index contributed by atoms with van der Waals surface area (Å²) in [5.41, 5.74) is 1.24. The van der Waals surface area contributed by atoms with E-state index in [9.17, 15) is 4.79 Å². The first kappa shape index (κ1) is 17.1. The van der Waals surface area contributed by atoms with Crippen LogP contribution in [0.25, 0.3) is 11.4 Å².